The number of rotatable bonds is 4. The van der Waals surface area contributed by atoms with Gasteiger partial charge in [-0.2, -0.15) is 0 Å². The molecule has 23 heavy (non-hydrogen) atoms. The molecule has 1 atom stereocenters. The number of ether oxygens (including phenoxy) is 1. The lowest BCUT2D eigenvalue weighted by Gasteiger charge is -2.16. The number of carbonyl (C=O) groups excluding carboxylic acids is 2. The highest BCUT2D eigenvalue weighted by Crippen LogP contribution is 2.32. The van der Waals surface area contributed by atoms with Gasteiger partial charge in [-0.05, 0) is 48.9 Å². The predicted octanol–water partition coefficient (Wildman–Crippen LogP) is 4.68. The van der Waals surface area contributed by atoms with E-state index in [9.17, 15) is 9.59 Å². The van der Waals surface area contributed by atoms with E-state index in [1.54, 1.807) is 18.2 Å². The molecule has 120 valence electrons. The van der Waals surface area contributed by atoms with Crippen molar-refractivity contribution in [3.8, 4) is 0 Å². The first-order chi connectivity index (χ1) is 11.0. The second kappa shape index (κ2) is 6.97. The number of halogens is 1. The fourth-order valence-corrected chi connectivity index (χ4v) is 4.26. The molecule has 3 rings (SSSR count). The summed E-state index contributed by atoms with van der Waals surface area (Å²) in [5, 5.41) is 0. The van der Waals surface area contributed by atoms with Crippen LogP contribution < -0.4 is 0 Å². The van der Waals surface area contributed by atoms with Gasteiger partial charge in [0.05, 0.1) is 0 Å². The van der Waals surface area contributed by atoms with Crippen LogP contribution in [0.5, 0.6) is 0 Å². The van der Waals surface area contributed by atoms with Crippen molar-refractivity contribution in [3.63, 3.8) is 0 Å². The molecule has 0 unspecified atom stereocenters. The number of ketones is 1. The summed E-state index contributed by atoms with van der Waals surface area (Å²) >= 11 is 4.83. The number of carbonyl (C=O) groups is 2. The second-order valence-electron chi connectivity index (χ2n) is 5.92. The van der Waals surface area contributed by atoms with Crippen LogP contribution in [0.25, 0.3) is 0 Å². The van der Waals surface area contributed by atoms with E-state index in [0.29, 0.717) is 16.4 Å². The van der Waals surface area contributed by atoms with Crippen molar-refractivity contribution in [3.05, 3.63) is 55.7 Å². The van der Waals surface area contributed by atoms with Crippen LogP contribution in [0.4, 0.5) is 0 Å². The van der Waals surface area contributed by atoms with E-state index >= 15 is 0 Å². The highest BCUT2D eigenvalue weighted by atomic mass is 79.9. The standard InChI is InChI=1S/C18H17BrO3S/c1-11-5-6-16-13(7-11)9-17(23-16)18(21)22-10-15(20)12-3-2-4-14(19)8-12/h2-4,8-9,11H,5-7,10H2,1H3/t11-/m0/s1. The van der Waals surface area contributed by atoms with Crippen LogP contribution in [0.15, 0.2) is 34.8 Å². The third kappa shape index (κ3) is 3.90. The van der Waals surface area contributed by atoms with Crippen molar-refractivity contribution in [1.82, 2.24) is 0 Å². The topological polar surface area (TPSA) is 43.4 Å². The third-order valence-electron chi connectivity index (χ3n) is 4.01. The van der Waals surface area contributed by atoms with Gasteiger partial charge < -0.3 is 4.74 Å². The SMILES string of the molecule is C[C@H]1CCc2sc(C(=O)OCC(=O)c3cccc(Br)c3)cc2C1. The van der Waals surface area contributed by atoms with Gasteiger partial charge in [-0.25, -0.2) is 4.79 Å². The molecule has 0 fully saturated rings. The zero-order valence-corrected chi connectivity index (χ0v) is 15.2. The first-order valence-corrected chi connectivity index (χ1v) is 9.21. The maximum Gasteiger partial charge on any atom is 0.348 e. The van der Waals surface area contributed by atoms with E-state index in [2.05, 4.69) is 22.9 Å². The Morgan fingerprint density at radius 3 is 2.96 bits per heavy atom. The minimum Gasteiger partial charge on any atom is -0.453 e. The maximum atomic E-state index is 12.2. The third-order valence-corrected chi connectivity index (χ3v) is 5.72. The summed E-state index contributed by atoms with van der Waals surface area (Å²) in [4.78, 5) is 26.1. The summed E-state index contributed by atoms with van der Waals surface area (Å²) in [6, 6.07) is 9.00. The van der Waals surface area contributed by atoms with E-state index in [1.807, 2.05) is 12.1 Å². The zero-order chi connectivity index (χ0) is 16.4. The normalized spacial score (nSPS) is 16.7. The van der Waals surface area contributed by atoms with Gasteiger partial charge in [-0.15, -0.1) is 11.3 Å². The molecule has 1 aromatic heterocycles. The van der Waals surface area contributed by atoms with Crippen molar-refractivity contribution >= 4 is 39.0 Å². The van der Waals surface area contributed by atoms with Crippen molar-refractivity contribution in [1.29, 1.82) is 0 Å². The van der Waals surface area contributed by atoms with Gasteiger partial charge in [0.15, 0.2) is 12.4 Å². The highest BCUT2D eigenvalue weighted by molar-refractivity contribution is 9.10. The van der Waals surface area contributed by atoms with Gasteiger partial charge in [0.1, 0.15) is 4.88 Å². The van der Waals surface area contributed by atoms with Crippen molar-refractivity contribution in [2.45, 2.75) is 26.2 Å². The van der Waals surface area contributed by atoms with Crippen LogP contribution in [-0.2, 0) is 17.6 Å². The molecule has 5 heteroatoms. The molecule has 0 radical (unpaired) electrons. The smallest absolute Gasteiger partial charge is 0.348 e. The summed E-state index contributed by atoms with van der Waals surface area (Å²) in [5.41, 5.74) is 1.80. The average Bonchev–Trinajstić information content (AvgIpc) is 2.95. The number of benzene rings is 1. The number of hydrogen-bond acceptors (Lipinski definition) is 4. The Balaban J connectivity index is 1.62. The van der Waals surface area contributed by atoms with E-state index in [0.717, 1.165) is 17.3 Å². The van der Waals surface area contributed by atoms with Gasteiger partial charge in [0.2, 0.25) is 0 Å². The second-order valence-corrected chi connectivity index (χ2v) is 7.97. The number of fused-ring (bicyclic) bond motifs is 1. The van der Waals surface area contributed by atoms with Crippen LogP contribution >= 0.6 is 27.3 Å². The molecule has 0 saturated heterocycles. The quantitative estimate of drug-likeness (QED) is 0.560. The van der Waals surface area contributed by atoms with E-state index in [-0.39, 0.29) is 12.4 Å². The lowest BCUT2D eigenvalue weighted by atomic mass is 9.90. The van der Waals surface area contributed by atoms with Crippen molar-refractivity contribution in [2.75, 3.05) is 6.61 Å². The summed E-state index contributed by atoms with van der Waals surface area (Å²) in [6.07, 6.45) is 3.23. The predicted molar refractivity (Wildman–Crippen MR) is 94.3 cm³/mol. The van der Waals surface area contributed by atoms with Gasteiger partial charge >= 0.3 is 5.97 Å². The van der Waals surface area contributed by atoms with Crippen molar-refractivity contribution in [2.24, 2.45) is 5.92 Å². The first kappa shape index (κ1) is 16.4. The molecule has 0 bridgehead atoms. The first-order valence-electron chi connectivity index (χ1n) is 7.60. The van der Waals surface area contributed by atoms with Gasteiger partial charge in [0, 0.05) is 14.9 Å². The Labute approximate surface area is 147 Å². The minimum atomic E-state index is -0.402. The molecular formula is C18H17BrO3S. The molecule has 1 aliphatic carbocycles. The van der Waals surface area contributed by atoms with Crippen LogP contribution in [0.3, 0.4) is 0 Å². The Kier molecular flexibility index (Phi) is 4.97. The average molecular weight is 393 g/mol. The fraction of sp³-hybridized carbons (Fsp3) is 0.333. The molecular weight excluding hydrogens is 376 g/mol. The number of hydrogen-bond donors (Lipinski definition) is 0. The van der Waals surface area contributed by atoms with E-state index in [1.165, 1.54) is 28.2 Å². The lowest BCUT2D eigenvalue weighted by Crippen LogP contribution is -2.13. The molecule has 2 aromatic rings. The molecule has 1 aromatic carbocycles. The summed E-state index contributed by atoms with van der Waals surface area (Å²) in [7, 11) is 0. The van der Waals surface area contributed by atoms with Crippen molar-refractivity contribution < 1.29 is 14.3 Å². The number of thiophene rings is 1. The molecule has 1 heterocycles. The Morgan fingerprint density at radius 1 is 1.35 bits per heavy atom. The van der Waals surface area contributed by atoms with E-state index in [4.69, 9.17) is 4.74 Å². The fourth-order valence-electron chi connectivity index (χ4n) is 2.75. The summed E-state index contributed by atoms with van der Waals surface area (Å²) < 4.78 is 6.02. The van der Waals surface area contributed by atoms with Crippen LogP contribution in [-0.4, -0.2) is 18.4 Å². The molecule has 0 saturated carbocycles. The molecule has 0 spiro atoms. The number of Topliss-reactive ketones (excluding diaryl/α,β-unsaturated/α-hetero) is 1. The lowest BCUT2D eigenvalue weighted by molar-refractivity contribution is 0.0479. The monoisotopic (exact) mass is 392 g/mol. The number of aryl methyl sites for hydroxylation is 1. The van der Waals surface area contributed by atoms with Crippen LogP contribution in [0, 0.1) is 5.92 Å². The number of esters is 1. The molecule has 0 amide bonds. The van der Waals surface area contributed by atoms with E-state index < -0.39 is 5.97 Å². The van der Waals surface area contributed by atoms with Crippen LogP contribution in [0.1, 0.15) is 43.8 Å². The molecule has 1 aliphatic rings. The Bertz CT molecular complexity index is 750. The van der Waals surface area contributed by atoms with Crippen LogP contribution in [0.2, 0.25) is 0 Å². The zero-order valence-electron chi connectivity index (χ0n) is 12.8. The maximum absolute atomic E-state index is 12.2. The minimum absolute atomic E-state index is 0.199. The Hall–Kier alpha value is -1.46. The highest BCUT2D eigenvalue weighted by Gasteiger charge is 2.21. The molecule has 0 aliphatic heterocycles. The molecule has 3 nitrogen and oxygen atoms in total. The Morgan fingerprint density at radius 2 is 2.17 bits per heavy atom. The van der Waals surface area contributed by atoms with Gasteiger partial charge in [-0.1, -0.05) is 35.0 Å². The largest absolute Gasteiger partial charge is 0.453 e. The molecule has 0 N–H and O–H groups in total. The van der Waals surface area contributed by atoms with Gasteiger partial charge in [0.25, 0.3) is 0 Å². The summed E-state index contributed by atoms with van der Waals surface area (Å²) in [6.45, 7) is 2.00. The van der Waals surface area contributed by atoms with Gasteiger partial charge in [-0.3, -0.25) is 4.79 Å². The summed E-state index contributed by atoms with van der Waals surface area (Å²) in [5.74, 6) is 0.0640.